The maximum Gasteiger partial charge on any atom is 0.399 e. The second-order valence-corrected chi connectivity index (χ2v) is 13.6. The van der Waals surface area contributed by atoms with Crippen molar-refractivity contribution in [3.63, 3.8) is 0 Å². The summed E-state index contributed by atoms with van der Waals surface area (Å²) in [5.41, 5.74) is 4.00. The van der Waals surface area contributed by atoms with Crippen molar-refractivity contribution >= 4 is 61.6 Å². The number of nitrogens with two attached hydrogens (primary N) is 1. The summed E-state index contributed by atoms with van der Waals surface area (Å²) in [6.07, 6.45) is -3.34. The van der Waals surface area contributed by atoms with Crippen LogP contribution in [0.15, 0.2) is 41.4 Å². The molecule has 3 heterocycles. The van der Waals surface area contributed by atoms with Gasteiger partial charge < -0.3 is 10.6 Å². The molecule has 17 heteroatoms. The van der Waals surface area contributed by atoms with Crippen LogP contribution in [0.5, 0.6) is 0 Å². The normalized spacial score (nSPS) is 17.9. The van der Waals surface area contributed by atoms with E-state index in [9.17, 15) is 31.2 Å². The zero-order valence-electron chi connectivity index (χ0n) is 22.3. The number of amides is 3. The molecule has 226 valence electrons. The molecule has 3 aromatic rings. The number of anilines is 1. The largest absolute Gasteiger partial charge is 0.399 e. The Labute approximate surface area is 253 Å². The van der Waals surface area contributed by atoms with Gasteiger partial charge in [-0.3, -0.25) is 15.1 Å². The number of nitrogens with zero attached hydrogens (tertiary/aromatic N) is 3. The van der Waals surface area contributed by atoms with Gasteiger partial charge in [0.2, 0.25) is 15.9 Å². The fraction of sp³-hybridized carbons (Fsp3) is 0.360. The Morgan fingerprint density at radius 2 is 1.83 bits per heavy atom. The van der Waals surface area contributed by atoms with E-state index in [-0.39, 0.29) is 38.7 Å². The Balaban J connectivity index is 1.52. The molecule has 4 rings (SSSR count). The molecule has 1 fully saturated rings. The molecule has 2 atom stereocenters. The number of aryl methyl sites for hydroxylation is 1. The Hall–Kier alpha value is -2.98. The van der Waals surface area contributed by atoms with Gasteiger partial charge in [0, 0.05) is 18.8 Å². The number of carbonyl (C=O) groups is 2. The Bertz CT molecular complexity index is 1650. The minimum Gasteiger partial charge on any atom is -0.368 e. The summed E-state index contributed by atoms with van der Waals surface area (Å²) in [6.45, 7) is 3.52. The SMILES string of the molecule is Cc1nc(NC(=O)N2C[C@H](NS(=O)(=O)c3ccc(Cl)c(Cl)c3)C[C@H]2C(N)=O)sc1-c1ccnc(C(C)(C)C(F)(F)F)c1. The summed E-state index contributed by atoms with van der Waals surface area (Å²) in [5.74, 6) is -0.839. The highest BCUT2D eigenvalue weighted by molar-refractivity contribution is 7.89. The lowest BCUT2D eigenvalue weighted by Crippen LogP contribution is -2.46. The topological polar surface area (TPSA) is 147 Å². The number of carbonyl (C=O) groups excluding carboxylic acids is 2. The fourth-order valence-corrected chi connectivity index (χ4v) is 6.87. The first-order chi connectivity index (χ1) is 19.4. The average Bonchev–Trinajstić information content (AvgIpc) is 3.48. The summed E-state index contributed by atoms with van der Waals surface area (Å²) in [5, 5.41) is 2.90. The van der Waals surface area contributed by atoms with Crippen LogP contribution >= 0.6 is 34.5 Å². The molecular weight excluding hydrogens is 640 g/mol. The van der Waals surface area contributed by atoms with Gasteiger partial charge in [0.25, 0.3) is 0 Å². The molecule has 42 heavy (non-hydrogen) atoms. The van der Waals surface area contributed by atoms with Gasteiger partial charge in [-0.25, -0.2) is 22.9 Å². The Kier molecular flexibility index (Phi) is 8.82. The van der Waals surface area contributed by atoms with E-state index in [2.05, 4.69) is 20.0 Å². The van der Waals surface area contributed by atoms with Crippen molar-refractivity contribution in [1.82, 2.24) is 19.6 Å². The van der Waals surface area contributed by atoms with Gasteiger partial charge in [0.15, 0.2) is 5.13 Å². The average molecular weight is 666 g/mol. The third-order valence-corrected chi connectivity index (χ3v) is 10.2. The van der Waals surface area contributed by atoms with Gasteiger partial charge >= 0.3 is 12.2 Å². The number of halogens is 5. The molecular formula is C25H25Cl2F3N6O4S2. The molecule has 0 aliphatic carbocycles. The van der Waals surface area contributed by atoms with Crippen LogP contribution in [0.25, 0.3) is 10.4 Å². The first-order valence-electron chi connectivity index (χ1n) is 12.3. The first-order valence-corrected chi connectivity index (χ1v) is 15.3. The highest BCUT2D eigenvalue weighted by Gasteiger charge is 2.49. The number of urea groups is 1. The molecule has 0 bridgehead atoms. The van der Waals surface area contributed by atoms with Crippen molar-refractivity contribution in [3.8, 4) is 10.4 Å². The van der Waals surface area contributed by atoms with Crippen LogP contribution in [0.4, 0.5) is 23.1 Å². The number of benzene rings is 1. The van der Waals surface area contributed by atoms with E-state index in [4.69, 9.17) is 28.9 Å². The maximum atomic E-state index is 13.6. The highest BCUT2D eigenvalue weighted by Crippen LogP contribution is 2.41. The predicted molar refractivity (Wildman–Crippen MR) is 153 cm³/mol. The Morgan fingerprint density at radius 1 is 1.14 bits per heavy atom. The summed E-state index contributed by atoms with van der Waals surface area (Å²) in [7, 11) is -4.09. The van der Waals surface area contributed by atoms with Crippen molar-refractivity contribution in [1.29, 1.82) is 0 Å². The number of pyridine rings is 1. The highest BCUT2D eigenvalue weighted by atomic mass is 35.5. The lowest BCUT2D eigenvalue weighted by Gasteiger charge is -2.27. The van der Waals surface area contributed by atoms with Gasteiger partial charge in [-0.05, 0) is 63.1 Å². The van der Waals surface area contributed by atoms with Crippen molar-refractivity contribution < 1.29 is 31.2 Å². The zero-order valence-corrected chi connectivity index (χ0v) is 25.4. The summed E-state index contributed by atoms with van der Waals surface area (Å²) < 4.78 is 68.9. The van der Waals surface area contributed by atoms with E-state index in [0.29, 0.717) is 16.1 Å². The minimum atomic E-state index is -4.53. The second-order valence-electron chi connectivity index (χ2n) is 10.1. The quantitative estimate of drug-likeness (QED) is 0.320. The van der Waals surface area contributed by atoms with Crippen LogP contribution in [-0.4, -0.2) is 60.0 Å². The molecule has 4 N–H and O–H groups in total. The third kappa shape index (κ3) is 6.49. The number of primary amides is 1. The molecule has 1 saturated heterocycles. The number of aromatic nitrogens is 2. The smallest absolute Gasteiger partial charge is 0.368 e. The van der Waals surface area contributed by atoms with E-state index in [1.165, 1.54) is 36.5 Å². The molecule has 0 radical (unpaired) electrons. The van der Waals surface area contributed by atoms with Gasteiger partial charge in [0.1, 0.15) is 11.5 Å². The maximum absolute atomic E-state index is 13.6. The minimum absolute atomic E-state index is 0.0344. The zero-order chi connectivity index (χ0) is 31.2. The number of hydrogen-bond acceptors (Lipinski definition) is 7. The van der Waals surface area contributed by atoms with Crippen molar-refractivity contribution in [3.05, 3.63) is 58.0 Å². The molecule has 1 aliphatic heterocycles. The van der Waals surface area contributed by atoms with Crippen LogP contribution in [0, 0.1) is 6.92 Å². The van der Waals surface area contributed by atoms with E-state index < -0.39 is 45.6 Å². The molecule has 3 amide bonds. The lowest BCUT2D eigenvalue weighted by atomic mass is 9.87. The van der Waals surface area contributed by atoms with Crippen LogP contribution in [0.2, 0.25) is 10.0 Å². The number of rotatable bonds is 7. The lowest BCUT2D eigenvalue weighted by molar-refractivity contribution is -0.181. The van der Waals surface area contributed by atoms with Crippen LogP contribution in [0.1, 0.15) is 31.7 Å². The van der Waals surface area contributed by atoms with Crippen LogP contribution in [-0.2, 0) is 20.2 Å². The third-order valence-electron chi connectivity index (χ3n) is 6.80. The number of sulfonamides is 1. The van der Waals surface area contributed by atoms with E-state index in [1.807, 2.05) is 0 Å². The molecule has 0 saturated carbocycles. The van der Waals surface area contributed by atoms with E-state index in [1.54, 1.807) is 6.92 Å². The number of thiazole rings is 1. The van der Waals surface area contributed by atoms with Crippen LogP contribution in [0.3, 0.4) is 0 Å². The van der Waals surface area contributed by atoms with Gasteiger partial charge in [-0.15, -0.1) is 0 Å². The second kappa shape index (κ2) is 11.6. The number of alkyl halides is 3. The number of nitrogens with one attached hydrogen (secondary N) is 2. The molecule has 1 aliphatic rings. The summed E-state index contributed by atoms with van der Waals surface area (Å²) >= 11 is 12.8. The molecule has 10 nitrogen and oxygen atoms in total. The monoisotopic (exact) mass is 664 g/mol. The van der Waals surface area contributed by atoms with Crippen molar-refractivity contribution in [2.75, 3.05) is 11.9 Å². The summed E-state index contributed by atoms with van der Waals surface area (Å²) in [4.78, 5) is 35.0. The van der Waals surface area contributed by atoms with Gasteiger partial charge in [-0.2, -0.15) is 13.2 Å². The van der Waals surface area contributed by atoms with Gasteiger partial charge in [0.05, 0.1) is 31.2 Å². The number of hydrogen-bond donors (Lipinski definition) is 3. The first kappa shape index (κ1) is 31.9. The molecule has 0 spiro atoms. The van der Waals surface area contributed by atoms with Gasteiger partial charge in [-0.1, -0.05) is 34.5 Å². The van der Waals surface area contributed by atoms with E-state index >= 15 is 0 Å². The van der Waals surface area contributed by atoms with Crippen molar-refractivity contribution in [2.24, 2.45) is 5.73 Å². The standard InChI is InChI=1S/C25H25Cl2F3N6O4S2/c1-12-20(13-6-7-32-19(8-13)24(2,3)25(28,29)30)41-22(33-12)34-23(38)36-11-14(9-18(36)21(31)37)35-42(39,40)15-4-5-16(26)17(27)10-15/h4-8,10,14,18,35H,9,11H2,1-3H3,(H2,31,37)(H,33,34,38)/t14-,18+/m1/s1. The Morgan fingerprint density at radius 3 is 2.45 bits per heavy atom. The molecule has 1 aromatic carbocycles. The summed E-state index contributed by atoms with van der Waals surface area (Å²) in [6, 6.07) is 3.89. The number of likely N-dealkylation sites (tertiary alicyclic amines) is 1. The van der Waals surface area contributed by atoms with Crippen LogP contribution < -0.4 is 15.8 Å². The predicted octanol–water partition coefficient (Wildman–Crippen LogP) is 5.10. The molecule has 0 unspecified atom stereocenters. The van der Waals surface area contributed by atoms with Crippen molar-refractivity contribution in [2.45, 2.75) is 55.8 Å². The molecule has 2 aromatic heterocycles. The van der Waals surface area contributed by atoms with E-state index in [0.717, 1.165) is 30.1 Å². The fourth-order valence-electron chi connectivity index (χ4n) is 4.29.